The zero-order valence-electron chi connectivity index (χ0n) is 24.6. The molecule has 0 radical (unpaired) electrons. The molecule has 1 aromatic heterocycles. The molecule has 242 valence electrons. The van der Waals surface area contributed by atoms with Crippen LogP contribution >= 0.6 is 0 Å². The molecule has 3 aliphatic heterocycles. The first-order valence-electron chi connectivity index (χ1n) is 14.7. The maximum absolute atomic E-state index is 13.4. The van der Waals surface area contributed by atoms with Gasteiger partial charge in [0.2, 0.25) is 0 Å². The minimum absolute atomic E-state index is 0.0382. The van der Waals surface area contributed by atoms with Gasteiger partial charge in [-0.2, -0.15) is 26.3 Å². The molecule has 3 aliphatic rings. The second-order valence-corrected chi connectivity index (χ2v) is 11.8. The van der Waals surface area contributed by atoms with E-state index in [1.807, 2.05) is 24.3 Å². The molecule has 2 N–H and O–H groups in total. The Morgan fingerprint density at radius 1 is 1.02 bits per heavy atom. The second-order valence-electron chi connectivity index (χ2n) is 11.8. The Balaban J connectivity index is 1.36. The number of hydrogen-bond acceptors (Lipinski definition) is 7. The molecule has 3 saturated heterocycles. The number of nitrogens with one attached hydrogen (secondary N) is 2. The van der Waals surface area contributed by atoms with Crippen LogP contribution in [0.4, 0.5) is 37.7 Å². The summed E-state index contributed by atoms with van der Waals surface area (Å²) in [5.74, 6) is 1.25. The van der Waals surface area contributed by atoms with Crippen LogP contribution in [-0.2, 0) is 18.9 Å². The van der Waals surface area contributed by atoms with Gasteiger partial charge in [0, 0.05) is 30.7 Å². The number of benzene rings is 2. The van der Waals surface area contributed by atoms with Crippen LogP contribution in [-0.4, -0.2) is 36.1 Å². The van der Waals surface area contributed by atoms with Crippen molar-refractivity contribution in [2.45, 2.75) is 43.8 Å². The molecule has 46 heavy (non-hydrogen) atoms. The third-order valence-corrected chi connectivity index (χ3v) is 9.18. The third kappa shape index (κ3) is 5.83. The van der Waals surface area contributed by atoms with Crippen molar-refractivity contribution in [1.29, 1.82) is 0 Å². The third-order valence-electron chi connectivity index (χ3n) is 9.18. The molecule has 0 spiro atoms. The molecule has 5 unspecified atom stereocenters. The number of nitrogens with zero attached hydrogens (tertiary/aromatic N) is 2. The highest BCUT2D eigenvalue weighted by Gasteiger charge is 2.44. The van der Waals surface area contributed by atoms with Gasteiger partial charge in [0.15, 0.2) is 0 Å². The lowest BCUT2D eigenvalue weighted by molar-refractivity contribution is -0.143. The number of halogens is 6. The van der Waals surface area contributed by atoms with Crippen molar-refractivity contribution in [1.82, 2.24) is 9.88 Å². The van der Waals surface area contributed by atoms with Crippen LogP contribution in [0.3, 0.4) is 0 Å². The van der Waals surface area contributed by atoms with Crippen LogP contribution in [0.25, 0.3) is 10.9 Å². The van der Waals surface area contributed by atoms with Crippen molar-refractivity contribution in [3.63, 3.8) is 0 Å². The molecule has 2 bridgehead atoms. The number of rotatable bonds is 9. The molecule has 7 rings (SSSR count). The normalized spacial score (nSPS) is 22.2. The fraction of sp³-hybridized carbons (Fsp3) is 0.364. The average Bonchev–Trinajstić information content (AvgIpc) is 3.04. The minimum Gasteiger partial charge on any atom is -0.497 e. The molecular weight excluding hydrogens is 614 g/mol. The van der Waals surface area contributed by atoms with Crippen molar-refractivity contribution in [3.05, 3.63) is 104 Å². The van der Waals surface area contributed by atoms with Crippen LogP contribution < -0.4 is 26.2 Å². The Morgan fingerprint density at radius 3 is 2.33 bits per heavy atom. The molecule has 3 aromatic carbocycles. The first-order chi connectivity index (χ1) is 21.8. The summed E-state index contributed by atoms with van der Waals surface area (Å²) in [5.41, 5.74) is -3.84. The first kappa shape index (κ1) is 31.6. The topological polar surface area (TPSA) is 83.6 Å². The molecule has 4 heterocycles. The second kappa shape index (κ2) is 11.8. The van der Waals surface area contributed by atoms with Gasteiger partial charge < -0.3 is 15.4 Å². The maximum Gasteiger partial charge on any atom is 0.416 e. The summed E-state index contributed by atoms with van der Waals surface area (Å²) in [7, 11) is 1.54. The summed E-state index contributed by atoms with van der Waals surface area (Å²) in [6.07, 6.45) is -4.69. The van der Waals surface area contributed by atoms with E-state index in [4.69, 9.17) is 4.74 Å². The van der Waals surface area contributed by atoms with Crippen LogP contribution in [0, 0.1) is 11.8 Å². The summed E-state index contributed by atoms with van der Waals surface area (Å²) in [4.78, 5) is 32.5. The zero-order valence-corrected chi connectivity index (χ0v) is 24.6. The Bertz CT molecular complexity index is 1830. The van der Waals surface area contributed by atoms with Crippen molar-refractivity contribution < 1.29 is 31.1 Å². The number of fused-ring (bicyclic) bond motifs is 4. The number of anilines is 2. The van der Waals surface area contributed by atoms with Gasteiger partial charge in [0.1, 0.15) is 17.1 Å². The molecule has 4 aromatic rings. The van der Waals surface area contributed by atoms with Crippen LogP contribution in [0.2, 0.25) is 0 Å². The van der Waals surface area contributed by atoms with Crippen LogP contribution in [0.15, 0.2) is 70.9 Å². The minimum atomic E-state index is -5.02. The van der Waals surface area contributed by atoms with Gasteiger partial charge in [0.05, 0.1) is 29.8 Å². The lowest BCUT2D eigenvalue weighted by atomic mass is 9.73. The number of ether oxygens (including phenoxy) is 1. The smallest absolute Gasteiger partial charge is 0.416 e. The van der Waals surface area contributed by atoms with Crippen molar-refractivity contribution in [2.24, 2.45) is 11.8 Å². The quantitative estimate of drug-likeness (QED) is 0.122. The van der Waals surface area contributed by atoms with E-state index in [-0.39, 0.29) is 29.0 Å². The molecule has 0 amide bonds. The number of hydrogen-bond donors (Lipinski definition) is 2. The van der Waals surface area contributed by atoms with Crippen molar-refractivity contribution in [3.8, 4) is 5.75 Å². The predicted molar refractivity (Wildman–Crippen MR) is 162 cm³/mol. The van der Waals surface area contributed by atoms with E-state index in [2.05, 4.69) is 27.1 Å². The average molecular weight is 645 g/mol. The lowest BCUT2D eigenvalue weighted by Crippen LogP contribution is -2.56. The number of piperidine rings is 3. The van der Waals surface area contributed by atoms with Crippen LogP contribution in [0.5, 0.6) is 5.75 Å². The Hall–Kier alpha value is -4.39. The van der Waals surface area contributed by atoms with E-state index in [1.165, 1.54) is 7.11 Å². The largest absolute Gasteiger partial charge is 0.497 e. The lowest BCUT2D eigenvalue weighted by Gasteiger charge is -2.52. The fourth-order valence-corrected chi connectivity index (χ4v) is 6.82. The summed E-state index contributed by atoms with van der Waals surface area (Å²) >= 11 is 0. The Morgan fingerprint density at radius 2 is 1.72 bits per heavy atom. The SMILES string of the molecule is C=CC1CN2CCC1CC2C(Nc1c(NCc2cc(C(F)(F)F)cc(C(F)(F)F)c2)c(=O)c1=O)c1ccnc2ccc(OC)cc12. The highest BCUT2D eigenvalue weighted by atomic mass is 19.4. The molecule has 5 atom stereocenters. The van der Waals surface area contributed by atoms with Gasteiger partial charge in [-0.3, -0.25) is 19.5 Å². The van der Waals surface area contributed by atoms with E-state index in [1.54, 1.807) is 12.3 Å². The van der Waals surface area contributed by atoms with Gasteiger partial charge in [-0.05, 0) is 84.8 Å². The summed E-state index contributed by atoms with van der Waals surface area (Å²) in [5, 5.41) is 6.68. The van der Waals surface area contributed by atoms with E-state index >= 15 is 0 Å². The summed E-state index contributed by atoms with van der Waals surface area (Å²) in [6, 6.07) is 7.82. The first-order valence-corrected chi connectivity index (χ1v) is 14.7. The number of methoxy groups -OCH3 is 1. The van der Waals surface area contributed by atoms with Gasteiger partial charge in [0.25, 0.3) is 10.9 Å². The van der Waals surface area contributed by atoms with Crippen molar-refractivity contribution in [2.75, 3.05) is 30.8 Å². The fourth-order valence-electron chi connectivity index (χ4n) is 6.82. The molecule has 0 aliphatic carbocycles. The van der Waals surface area contributed by atoms with E-state index in [9.17, 15) is 35.9 Å². The van der Waals surface area contributed by atoms with E-state index in [0.717, 1.165) is 36.9 Å². The number of aromatic nitrogens is 1. The van der Waals surface area contributed by atoms with Gasteiger partial charge in [-0.25, -0.2) is 0 Å². The van der Waals surface area contributed by atoms with Crippen molar-refractivity contribution >= 4 is 22.3 Å². The Labute approximate surface area is 259 Å². The monoisotopic (exact) mass is 644 g/mol. The molecule has 13 heteroatoms. The predicted octanol–water partition coefficient (Wildman–Crippen LogP) is 6.54. The number of pyridine rings is 1. The van der Waals surface area contributed by atoms with Gasteiger partial charge in [-0.1, -0.05) is 6.08 Å². The Kier molecular flexibility index (Phi) is 8.07. The molecule has 0 saturated carbocycles. The summed E-state index contributed by atoms with van der Waals surface area (Å²) in [6.45, 7) is 5.01. The van der Waals surface area contributed by atoms with E-state index < -0.39 is 46.9 Å². The summed E-state index contributed by atoms with van der Waals surface area (Å²) < 4.78 is 85.9. The standard InChI is InChI=1S/C33H30F6N4O3/c1-3-18-16-43-9-7-19(18)12-26(43)27(23-6-8-40-25-5-4-22(46-2)14-24(23)25)42-29-28(30(44)31(29)45)41-15-17-10-20(32(34,35)36)13-21(11-17)33(37,38)39/h3-6,8,10-11,13-14,18-19,26-27,41-42H,1,7,9,12,15-16H2,2H3. The molecule has 3 fully saturated rings. The van der Waals surface area contributed by atoms with Gasteiger partial charge in [-0.15, -0.1) is 6.58 Å². The van der Waals surface area contributed by atoms with Crippen LogP contribution in [0.1, 0.15) is 41.1 Å². The highest BCUT2D eigenvalue weighted by molar-refractivity contribution is 5.85. The highest BCUT2D eigenvalue weighted by Crippen LogP contribution is 2.44. The zero-order chi connectivity index (χ0) is 33.0. The van der Waals surface area contributed by atoms with Gasteiger partial charge >= 0.3 is 12.4 Å². The molecule has 7 nitrogen and oxygen atoms in total. The number of alkyl halides is 6. The maximum atomic E-state index is 13.4. The molecular formula is C33H30F6N4O3. The van der Waals surface area contributed by atoms with E-state index in [0.29, 0.717) is 35.2 Å².